The minimum Gasteiger partial charge on any atom is -0.323 e. The van der Waals surface area contributed by atoms with E-state index in [1.807, 2.05) is 53.7 Å². The molecule has 0 radical (unpaired) electrons. The van der Waals surface area contributed by atoms with Gasteiger partial charge in [0.15, 0.2) is 0 Å². The van der Waals surface area contributed by atoms with Gasteiger partial charge >= 0.3 is 0 Å². The molecular formula is C20H28N2O2. The smallest absolute Gasteiger partial charge is 0.248 e. The largest absolute Gasteiger partial charge is 0.323 e. The molecule has 4 nitrogen and oxygen atoms in total. The lowest BCUT2D eigenvalue weighted by atomic mass is 9.96. The van der Waals surface area contributed by atoms with Gasteiger partial charge in [0.2, 0.25) is 11.8 Å². The minimum absolute atomic E-state index is 0.0357. The van der Waals surface area contributed by atoms with Gasteiger partial charge in [-0.05, 0) is 47.2 Å². The maximum atomic E-state index is 11.8. The van der Waals surface area contributed by atoms with Gasteiger partial charge in [-0.15, -0.1) is 0 Å². The summed E-state index contributed by atoms with van der Waals surface area (Å²) >= 11 is 0. The van der Waals surface area contributed by atoms with Gasteiger partial charge in [-0.1, -0.05) is 53.7 Å². The number of carbonyl (C=O) groups is 2. The summed E-state index contributed by atoms with van der Waals surface area (Å²) in [6.07, 6.45) is 6.79. The summed E-state index contributed by atoms with van der Waals surface area (Å²) in [5.74, 6) is -0.343. The normalized spacial score (nSPS) is 12.6. The molecular weight excluding hydrogens is 300 g/mol. The highest BCUT2D eigenvalue weighted by molar-refractivity contribution is 6.01. The zero-order valence-electron chi connectivity index (χ0n) is 15.4. The lowest BCUT2D eigenvalue weighted by Crippen LogP contribution is -2.11. The summed E-state index contributed by atoms with van der Waals surface area (Å²) < 4.78 is 0. The van der Waals surface area contributed by atoms with Crippen LogP contribution in [0.4, 0.5) is 11.4 Å². The number of allylic oxidation sites excluding steroid dienone is 2. The summed E-state index contributed by atoms with van der Waals surface area (Å²) in [7, 11) is 0. The van der Waals surface area contributed by atoms with E-state index in [0.29, 0.717) is 11.4 Å². The van der Waals surface area contributed by atoms with Gasteiger partial charge in [0, 0.05) is 11.4 Å². The molecule has 0 aliphatic rings. The Morgan fingerprint density at radius 3 is 1.25 bits per heavy atom. The Hall–Kier alpha value is -2.36. The van der Waals surface area contributed by atoms with Gasteiger partial charge in [0.1, 0.15) is 0 Å². The number of hydrogen-bond acceptors (Lipinski definition) is 2. The van der Waals surface area contributed by atoms with E-state index >= 15 is 0 Å². The van der Waals surface area contributed by atoms with Crippen molar-refractivity contribution >= 4 is 23.2 Å². The van der Waals surface area contributed by atoms with Crippen LogP contribution in [-0.4, -0.2) is 11.8 Å². The predicted molar refractivity (Wildman–Crippen MR) is 101 cm³/mol. The molecule has 1 aromatic carbocycles. The number of rotatable bonds is 4. The molecule has 1 rings (SSSR count). The Kier molecular flexibility index (Phi) is 6.52. The minimum atomic E-state index is -0.171. The highest BCUT2D eigenvalue weighted by atomic mass is 16.2. The number of hydrogen-bond donors (Lipinski definition) is 2. The molecule has 24 heavy (non-hydrogen) atoms. The molecule has 1 aromatic rings. The molecule has 0 spiro atoms. The van der Waals surface area contributed by atoms with Gasteiger partial charge in [0.25, 0.3) is 0 Å². The second kappa shape index (κ2) is 7.95. The maximum Gasteiger partial charge on any atom is 0.248 e. The summed E-state index contributed by atoms with van der Waals surface area (Å²) in [4.78, 5) is 23.6. The average Bonchev–Trinajstić information content (AvgIpc) is 2.44. The second-order valence-electron chi connectivity index (χ2n) is 7.95. The van der Waals surface area contributed by atoms with Gasteiger partial charge in [-0.25, -0.2) is 0 Å². The predicted octanol–water partition coefficient (Wildman–Crippen LogP) is 4.77. The highest BCUT2D eigenvalue weighted by Crippen LogP contribution is 2.17. The molecule has 0 atom stereocenters. The average molecular weight is 328 g/mol. The van der Waals surface area contributed by atoms with Crippen LogP contribution < -0.4 is 10.6 Å². The van der Waals surface area contributed by atoms with Crippen LogP contribution in [0.25, 0.3) is 0 Å². The Bertz CT molecular complexity index is 570. The fourth-order valence-electron chi connectivity index (χ4n) is 1.66. The molecule has 4 heteroatoms. The van der Waals surface area contributed by atoms with Crippen LogP contribution in [0.3, 0.4) is 0 Å². The van der Waals surface area contributed by atoms with Gasteiger partial charge < -0.3 is 10.6 Å². The standard InChI is InChI=1S/C20H28N2O2/c1-19(2,3)13-11-17(23)21-15-7-9-16(10-8-15)22-18(24)12-14-20(4,5)6/h7-14H,1-6H3,(H,21,23)(H,22,24)/b13-11+,14-12+. The summed E-state index contributed by atoms with van der Waals surface area (Å²) in [5.41, 5.74) is 1.29. The molecule has 2 amide bonds. The molecule has 0 bridgehead atoms. The number of amides is 2. The van der Waals surface area contributed by atoms with Gasteiger partial charge in [-0.3, -0.25) is 9.59 Å². The highest BCUT2D eigenvalue weighted by Gasteiger charge is 2.07. The summed E-state index contributed by atoms with van der Waals surface area (Å²) in [6.45, 7) is 12.2. The molecule has 0 saturated heterocycles. The van der Waals surface area contributed by atoms with Crippen molar-refractivity contribution in [2.45, 2.75) is 41.5 Å². The van der Waals surface area contributed by atoms with Crippen molar-refractivity contribution in [2.75, 3.05) is 10.6 Å². The zero-order valence-corrected chi connectivity index (χ0v) is 15.4. The molecule has 0 unspecified atom stereocenters. The van der Waals surface area contributed by atoms with E-state index in [2.05, 4.69) is 10.6 Å². The van der Waals surface area contributed by atoms with E-state index in [1.54, 1.807) is 24.3 Å². The van der Waals surface area contributed by atoms with E-state index in [0.717, 1.165) is 0 Å². The third kappa shape index (κ3) is 8.93. The van der Waals surface area contributed by atoms with Crippen molar-refractivity contribution in [2.24, 2.45) is 10.8 Å². The fraction of sp³-hybridized carbons (Fsp3) is 0.400. The van der Waals surface area contributed by atoms with Gasteiger partial charge in [-0.2, -0.15) is 0 Å². The summed E-state index contributed by atoms with van der Waals surface area (Å²) in [5, 5.41) is 5.58. The lowest BCUT2D eigenvalue weighted by Gasteiger charge is -2.11. The first-order chi connectivity index (χ1) is 10.9. The number of benzene rings is 1. The molecule has 0 aromatic heterocycles. The van der Waals surface area contributed by atoms with Crippen LogP contribution in [-0.2, 0) is 9.59 Å². The first-order valence-corrected chi connectivity index (χ1v) is 8.05. The van der Waals surface area contributed by atoms with E-state index < -0.39 is 0 Å². The molecule has 0 saturated carbocycles. The third-order valence-electron chi connectivity index (χ3n) is 2.89. The Labute approximate surface area is 145 Å². The van der Waals surface area contributed by atoms with Crippen molar-refractivity contribution in [3.8, 4) is 0 Å². The van der Waals surface area contributed by atoms with Crippen molar-refractivity contribution in [3.05, 3.63) is 48.6 Å². The first kappa shape index (κ1) is 19.7. The molecule has 0 heterocycles. The molecule has 2 N–H and O–H groups in total. The first-order valence-electron chi connectivity index (χ1n) is 8.05. The number of anilines is 2. The molecule has 130 valence electrons. The Morgan fingerprint density at radius 2 is 1.00 bits per heavy atom. The van der Waals surface area contributed by atoms with E-state index in [-0.39, 0.29) is 22.6 Å². The van der Waals surface area contributed by atoms with Crippen LogP contribution in [0, 0.1) is 10.8 Å². The zero-order chi connectivity index (χ0) is 18.4. The Balaban J connectivity index is 2.60. The quantitative estimate of drug-likeness (QED) is 0.782. The van der Waals surface area contributed by atoms with Gasteiger partial charge in [0.05, 0.1) is 0 Å². The topological polar surface area (TPSA) is 58.2 Å². The van der Waals surface area contributed by atoms with Crippen molar-refractivity contribution < 1.29 is 9.59 Å². The van der Waals surface area contributed by atoms with Crippen molar-refractivity contribution in [1.82, 2.24) is 0 Å². The Morgan fingerprint density at radius 1 is 0.708 bits per heavy atom. The molecule has 0 aliphatic heterocycles. The third-order valence-corrected chi connectivity index (χ3v) is 2.89. The van der Waals surface area contributed by atoms with E-state index in [9.17, 15) is 9.59 Å². The van der Waals surface area contributed by atoms with Crippen LogP contribution >= 0.6 is 0 Å². The SMILES string of the molecule is CC(C)(C)/C=C/C(=O)Nc1ccc(NC(=O)/C=C/C(C)(C)C)cc1. The lowest BCUT2D eigenvalue weighted by molar-refractivity contribution is -0.112. The number of nitrogens with one attached hydrogen (secondary N) is 2. The van der Waals surface area contributed by atoms with Crippen LogP contribution in [0.15, 0.2) is 48.6 Å². The molecule has 0 aliphatic carbocycles. The monoisotopic (exact) mass is 328 g/mol. The van der Waals surface area contributed by atoms with Crippen molar-refractivity contribution in [1.29, 1.82) is 0 Å². The fourth-order valence-corrected chi connectivity index (χ4v) is 1.66. The summed E-state index contributed by atoms with van der Waals surface area (Å²) in [6, 6.07) is 7.02. The van der Waals surface area contributed by atoms with Crippen molar-refractivity contribution in [3.63, 3.8) is 0 Å². The second-order valence-corrected chi connectivity index (χ2v) is 7.95. The van der Waals surface area contributed by atoms with Crippen LogP contribution in [0.1, 0.15) is 41.5 Å². The van der Waals surface area contributed by atoms with E-state index in [1.165, 1.54) is 12.2 Å². The van der Waals surface area contributed by atoms with Crippen LogP contribution in [0.5, 0.6) is 0 Å². The maximum absolute atomic E-state index is 11.8. The van der Waals surface area contributed by atoms with E-state index in [4.69, 9.17) is 0 Å². The number of carbonyl (C=O) groups excluding carboxylic acids is 2. The molecule has 0 fully saturated rings. The van der Waals surface area contributed by atoms with Crippen LogP contribution in [0.2, 0.25) is 0 Å².